The third-order valence-electron chi connectivity index (χ3n) is 3.06. The van der Waals surface area contributed by atoms with Gasteiger partial charge in [0.15, 0.2) is 17.9 Å². The van der Waals surface area contributed by atoms with E-state index in [4.69, 9.17) is 4.74 Å². The minimum atomic E-state index is -0.534. The molecule has 0 aliphatic rings. The van der Waals surface area contributed by atoms with Gasteiger partial charge in [-0.2, -0.15) is 5.10 Å². The number of carbonyl (C=O) groups excluding carboxylic acids is 1. The molecular weight excluding hydrogens is 259 g/mol. The summed E-state index contributed by atoms with van der Waals surface area (Å²) in [5.41, 5.74) is 2.04. The topological polar surface area (TPSA) is 44.1 Å². The fourth-order valence-corrected chi connectivity index (χ4v) is 1.99. The van der Waals surface area contributed by atoms with Gasteiger partial charge in [0.1, 0.15) is 6.61 Å². The molecule has 4 nitrogen and oxygen atoms in total. The number of ether oxygens (including phenoxy) is 1. The highest BCUT2D eigenvalue weighted by molar-refractivity contribution is 5.79. The number of hydrogen-bond donors (Lipinski definition) is 0. The maximum atomic E-state index is 13.7. The zero-order chi connectivity index (χ0) is 14.5. The lowest BCUT2D eigenvalue weighted by molar-refractivity contribution is 0.111. The lowest BCUT2D eigenvalue weighted by Gasteiger charge is -2.10. The molecule has 0 aliphatic carbocycles. The number of nitrogens with zero attached hydrogens (tertiary/aromatic N) is 2. The summed E-state index contributed by atoms with van der Waals surface area (Å²) in [5, 5.41) is 4.40. The first-order valence-electron chi connectivity index (χ1n) is 6.61. The van der Waals surface area contributed by atoms with Crippen LogP contribution in [0.25, 0.3) is 0 Å². The van der Waals surface area contributed by atoms with E-state index in [0.717, 1.165) is 24.4 Å². The molecule has 0 unspecified atom stereocenters. The van der Waals surface area contributed by atoms with Gasteiger partial charge >= 0.3 is 0 Å². The fraction of sp³-hybridized carbons (Fsp3) is 0.333. The first-order chi connectivity index (χ1) is 9.69. The predicted octanol–water partition coefficient (Wildman–Crippen LogP) is 3.00. The van der Waals surface area contributed by atoms with Crippen molar-refractivity contribution in [2.75, 3.05) is 0 Å². The number of rotatable bonds is 6. The summed E-state index contributed by atoms with van der Waals surface area (Å²) >= 11 is 0. The Balaban J connectivity index is 2.20. The molecule has 0 fully saturated rings. The molecule has 0 atom stereocenters. The molecule has 0 amide bonds. The van der Waals surface area contributed by atoms with E-state index in [1.165, 1.54) is 18.2 Å². The van der Waals surface area contributed by atoms with Crippen molar-refractivity contribution in [3.8, 4) is 5.75 Å². The summed E-state index contributed by atoms with van der Waals surface area (Å²) in [6.07, 6.45) is 1.42. The summed E-state index contributed by atoms with van der Waals surface area (Å²) in [7, 11) is 0. The third-order valence-corrected chi connectivity index (χ3v) is 3.06. The molecule has 106 valence electrons. The maximum absolute atomic E-state index is 13.7. The van der Waals surface area contributed by atoms with Crippen LogP contribution >= 0.6 is 0 Å². The van der Waals surface area contributed by atoms with Gasteiger partial charge in [0, 0.05) is 6.54 Å². The first-order valence-corrected chi connectivity index (χ1v) is 6.61. The van der Waals surface area contributed by atoms with Crippen LogP contribution < -0.4 is 4.74 Å². The maximum Gasteiger partial charge on any atom is 0.166 e. The second-order valence-electron chi connectivity index (χ2n) is 4.36. The lowest BCUT2D eigenvalue weighted by Crippen LogP contribution is -2.07. The number of benzene rings is 1. The van der Waals surface area contributed by atoms with Crippen LogP contribution in [0.3, 0.4) is 0 Å². The third kappa shape index (κ3) is 2.87. The van der Waals surface area contributed by atoms with Crippen molar-refractivity contribution in [3.63, 3.8) is 0 Å². The molecule has 0 saturated carbocycles. The van der Waals surface area contributed by atoms with Crippen LogP contribution in [0.1, 0.15) is 35.6 Å². The smallest absolute Gasteiger partial charge is 0.166 e. The molecule has 0 N–H and O–H groups in total. The minimum Gasteiger partial charge on any atom is -0.483 e. The van der Waals surface area contributed by atoms with E-state index in [9.17, 15) is 9.18 Å². The molecule has 0 radical (unpaired) electrons. The van der Waals surface area contributed by atoms with Crippen LogP contribution in [0.15, 0.2) is 24.3 Å². The minimum absolute atomic E-state index is 0.00981. The standard InChI is InChI=1S/C15H17FN2O2/c1-3-12-8-13(18(4-2)17-12)10-20-15-11(9-19)6-5-7-14(15)16/h5-9H,3-4,10H2,1-2H3. The first kappa shape index (κ1) is 14.2. The molecule has 0 bridgehead atoms. The quantitative estimate of drug-likeness (QED) is 0.762. The molecule has 0 aliphatic heterocycles. The number of aromatic nitrogens is 2. The van der Waals surface area contributed by atoms with Gasteiger partial charge in [0.25, 0.3) is 0 Å². The largest absolute Gasteiger partial charge is 0.483 e. The van der Waals surface area contributed by atoms with Crippen LogP contribution in [-0.2, 0) is 19.6 Å². The van der Waals surface area contributed by atoms with E-state index >= 15 is 0 Å². The van der Waals surface area contributed by atoms with Gasteiger partial charge in [0.2, 0.25) is 0 Å². The summed E-state index contributed by atoms with van der Waals surface area (Å²) in [4.78, 5) is 10.9. The predicted molar refractivity (Wildman–Crippen MR) is 73.4 cm³/mol. The lowest BCUT2D eigenvalue weighted by atomic mass is 10.2. The summed E-state index contributed by atoms with van der Waals surface area (Å²) in [5.74, 6) is -0.544. The van der Waals surface area contributed by atoms with E-state index in [0.29, 0.717) is 6.29 Å². The van der Waals surface area contributed by atoms with Crippen molar-refractivity contribution < 1.29 is 13.9 Å². The Morgan fingerprint density at radius 2 is 2.20 bits per heavy atom. The molecule has 20 heavy (non-hydrogen) atoms. The van der Waals surface area contributed by atoms with E-state index in [1.54, 1.807) is 0 Å². The zero-order valence-electron chi connectivity index (χ0n) is 11.6. The Labute approximate surface area is 117 Å². The second kappa shape index (κ2) is 6.32. The average molecular weight is 276 g/mol. The van der Waals surface area contributed by atoms with Gasteiger partial charge in [-0.25, -0.2) is 4.39 Å². The van der Waals surface area contributed by atoms with E-state index < -0.39 is 5.82 Å². The highest BCUT2D eigenvalue weighted by atomic mass is 19.1. The van der Waals surface area contributed by atoms with Crippen molar-refractivity contribution in [1.82, 2.24) is 9.78 Å². The molecular formula is C15H17FN2O2. The molecule has 0 saturated heterocycles. The highest BCUT2D eigenvalue weighted by Crippen LogP contribution is 2.22. The second-order valence-corrected chi connectivity index (χ2v) is 4.36. The SMILES string of the molecule is CCc1cc(COc2c(F)cccc2C=O)n(CC)n1. The van der Waals surface area contributed by atoms with Crippen molar-refractivity contribution >= 4 is 6.29 Å². The van der Waals surface area contributed by atoms with Crippen LogP contribution in [0.2, 0.25) is 0 Å². The number of aryl methyl sites for hydroxylation is 2. The normalized spacial score (nSPS) is 10.6. The molecule has 0 spiro atoms. The number of para-hydroxylation sites is 1. The molecule has 2 aromatic rings. The van der Waals surface area contributed by atoms with Gasteiger partial charge in [-0.15, -0.1) is 0 Å². The van der Waals surface area contributed by atoms with Crippen molar-refractivity contribution in [2.45, 2.75) is 33.4 Å². The van der Waals surface area contributed by atoms with E-state index in [1.807, 2.05) is 24.6 Å². The summed E-state index contributed by atoms with van der Waals surface area (Å²) in [6, 6.07) is 6.22. The van der Waals surface area contributed by atoms with E-state index in [-0.39, 0.29) is 17.9 Å². The zero-order valence-corrected chi connectivity index (χ0v) is 11.6. The molecule has 1 aromatic heterocycles. The Morgan fingerprint density at radius 3 is 2.85 bits per heavy atom. The van der Waals surface area contributed by atoms with Crippen LogP contribution in [-0.4, -0.2) is 16.1 Å². The number of aldehydes is 1. The number of hydrogen-bond acceptors (Lipinski definition) is 3. The molecule has 5 heteroatoms. The van der Waals surface area contributed by atoms with Crippen LogP contribution in [0, 0.1) is 5.82 Å². The average Bonchev–Trinajstić information content (AvgIpc) is 2.88. The van der Waals surface area contributed by atoms with E-state index in [2.05, 4.69) is 5.10 Å². The van der Waals surface area contributed by atoms with Gasteiger partial charge in [0.05, 0.1) is 17.0 Å². The highest BCUT2D eigenvalue weighted by Gasteiger charge is 2.12. The van der Waals surface area contributed by atoms with Gasteiger partial charge in [-0.05, 0) is 31.5 Å². The summed E-state index contributed by atoms with van der Waals surface area (Å²) in [6.45, 7) is 4.91. The van der Waals surface area contributed by atoms with Gasteiger partial charge in [-0.3, -0.25) is 9.48 Å². The molecule has 1 heterocycles. The fourth-order valence-electron chi connectivity index (χ4n) is 1.99. The summed E-state index contributed by atoms with van der Waals surface area (Å²) < 4.78 is 21.0. The Kier molecular flexibility index (Phi) is 4.50. The Hall–Kier alpha value is -2.17. The number of halogens is 1. The molecule has 2 rings (SSSR count). The van der Waals surface area contributed by atoms with Crippen molar-refractivity contribution in [3.05, 3.63) is 47.0 Å². The Bertz CT molecular complexity index is 608. The van der Waals surface area contributed by atoms with Crippen molar-refractivity contribution in [2.24, 2.45) is 0 Å². The van der Waals surface area contributed by atoms with Crippen LogP contribution in [0.5, 0.6) is 5.75 Å². The molecule has 1 aromatic carbocycles. The van der Waals surface area contributed by atoms with Gasteiger partial charge < -0.3 is 4.74 Å². The monoisotopic (exact) mass is 276 g/mol. The van der Waals surface area contributed by atoms with Crippen LogP contribution in [0.4, 0.5) is 4.39 Å². The van der Waals surface area contributed by atoms with Gasteiger partial charge in [-0.1, -0.05) is 13.0 Å². The number of carbonyl (C=O) groups is 1. The Morgan fingerprint density at radius 1 is 1.40 bits per heavy atom. The van der Waals surface area contributed by atoms with Crippen molar-refractivity contribution in [1.29, 1.82) is 0 Å².